The summed E-state index contributed by atoms with van der Waals surface area (Å²) in [6, 6.07) is 0.502. The van der Waals surface area contributed by atoms with Gasteiger partial charge in [-0.3, -0.25) is 0 Å². The summed E-state index contributed by atoms with van der Waals surface area (Å²) in [5, 5.41) is 5.21. The Morgan fingerprint density at radius 1 is 1.25 bits per heavy atom. The normalized spacial score (nSPS) is 27.8. The van der Waals surface area contributed by atoms with E-state index in [4.69, 9.17) is 4.98 Å². The van der Waals surface area contributed by atoms with E-state index in [1.54, 1.807) is 4.88 Å². The van der Waals surface area contributed by atoms with Crippen molar-refractivity contribution in [2.45, 2.75) is 64.0 Å². The van der Waals surface area contributed by atoms with Gasteiger partial charge in [-0.25, -0.2) is 4.98 Å². The zero-order chi connectivity index (χ0) is 14.2. The molecule has 0 saturated carbocycles. The van der Waals surface area contributed by atoms with Gasteiger partial charge in [-0.1, -0.05) is 0 Å². The van der Waals surface area contributed by atoms with E-state index < -0.39 is 0 Å². The molecule has 2 heterocycles. The number of piperidine rings is 1. The molecule has 0 aromatic carbocycles. The molecule has 1 fully saturated rings. The molecule has 4 heteroatoms. The van der Waals surface area contributed by atoms with Crippen molar-refractivity contribution in [3.63, 3.8) is 0 Å². The first-order chi connectivity index (χ1) is 9.59. The summed E-state index contributed by atoms with van der Waals surface area (Å²) in [7, 11) is 2.24. The van der Waals surface area contributed by atoms with E-state index in [0.717, 1.165) is 6.54 Å². The van der Waals surface area contributed by atoms with Gasteiger partial charge >= 0.3 is 0 Å². The first kappa shape index (κ1) is 14.5. The van der Waals surface area contributed by atoms with Gasteiger partial charge in [0.15, 0.2) is 0 Å². The van der Waals surface area contributed by atoms with Gasteiger partial charge in [0.2, 0.25) is 0 Å². The van der Waals surface area contributed by atoms with Crippen molar-refractivity contribution in [3.05, 3.63) is 15.6 Å². The van der Waals surface area contributed by atoms with Crippen molar-refractivity contribution < 1.29 is 0 Å². The highest BCUT2D eigenvalue weighted by atomic mass is 32.1. The Balaban J connectivity index is 1.93. The summed E-state index contributed by atoms with van der Waals surface area (Å²) in [6.45, 7) is 6.82. The molecule has 1 atom stereocenters. The van der Waals surface area contributed by atoms with Gasteiger partial charge in [0.05, 0.1) is 11.2 Å². The lowest BCUT2D eigenvalue weighted by atomic mass is 9.89. The van der Waals surface area contributed by atoms with Crippen molar-refractivity contribution in [2.75, 3.05) is 20.1 Å². The lowest BCUT2D eigenvalue weighted by Crippen LogP contribution is -2.55. The van der Waals surface area contributed by atoms with Crippen LogP contribution < -0.4 is 5.32 Å². The zero-order valence-electron chi connectivity index (χ0n) is 13.0. The molecule has 1 unspecified atom stereocenters. The smallest absolute Gasteiger partial charge is 0.115 e. The average Bonchev–Trinajstić information content (AvgIpc) is 2.82. The van der Waals surface area contributed by atoms with Crippen LogP contribution in [0.3, 0.4) is 0 Å². The Kier molecular flexibility index (Phi) is 4.16. The van der Waals surface area contributed by atoms with Crippen LogP contribution in [-0.2, 0) is 18.4 Å². The van der Waals surface area contributed by atoms with E-state index in [2.05, 4.69) is 31.1 Å². The second-order valence-electron chi connectivity index (χ2n) is 6.82. The van der Waals surface area contributed by atoms with Gasteiger partial charge in [-0.15, -0.1) is 11.3 Å². The number of aryl methyl sites for hydroxylation is 2. The van der Waals surface area contributed by atoms with Gasteiger partial charge in [0.25, 0.3) is 0 Å². The van der Waals surface area contributed by atoms with Crippen LogP contribution in [0.5, 0.6) is 0 Å². The summed E-state index contributed by atoms with van der Waals surface area (Å²) in [5.74, 6) is 0. The molecule has 0 amide bonds. The van der Waals surface area contributed by atoms with E-state index in [1.165, 1.54) is 55.8 Å². The minimum Gasteiger partial charge on any atom is -0.304 e. The molecule has 1 aliphatic carbocycles. The number of rotatable bonds is 3. The van der Waals surface area contributed by atoms with Crippen molar-refractivity contribution in [1.82, 2.24) is 15.2 Å². The number of hydrogen-bond donors (Lipinski definition) is 1. The predicted molar refractivity (Wildman–Crippen MR) is 85.4 cm³/mol. The fourth-order valence-corrected chi connectivity index (χ4v) is 5.06. The number of thiazole rings is 1. The van der Waals surface area contributed by atoms with Crippen LogP contribution in [-0.4, -0.2) is 36.1 Å². The van der Waals surface area contributed by atoms with Crippen molar-refractivity contribution in [3.8, 4) is 0 Å². The van der Waals surface area contributed by atoms with Gasteiger partial charge in [0.1, 0.15) is 5.01 Å². The molecule has 0 bridgehead atoms. The van der Waals surface area contributed by atoms with Crippen molar-refractivity contribution in [1.29, 1.82) is 0 Å². The summed E-state index contributed by atoms with van der Waals surface area (Å²) < 4.78 is 0. The molecule has 112 valence electrons. The van der Waals surface area contributed by atoms with Crippen LogP contribution in [0.25, 0.3) is 0 Å². The van der Waals surface area contributed by atoms with Gasteiger partial charge < -0.3 is 10.2 Å². The molecule has 1 saturated heterocycles. The van der Waals surface area contributed by atoms with Crippen molar-refractivity contribution >= 4 is 11.3 Å². The highest BCUT2D eigenvalue weighted by molar-refractivity contribution is 7.11. The Morgan fingerprint density at radius 2 is 2.05 bits per heavy atom. The summed E-state index contributed by atoms with van der Waals surface area (Å²) in [6.07, 6.45) is 7.60. The van der Waals surface area contributed by atoms with E-state index in [-0.39, 0.29) is 5.54 Å². The Labute approximate surface area is 126 Å². The average molecular weight is 293 g/mol. The molecule has 1 aromatic heterocycles. The highest BCUT2D eigenvalue weighted by Crippen LogP contribution is 2.37. The molecule has 3 nitrogen and oxygen atoms in total. The standard InChI is InChI=1S/C16H27N3S/c1-12(2)18-16(9-6-10-19(3)11-16)15-17-13-7-4-5-8-14(13)20-15/h12,18H,4-11H2,1-3H3. The minimum absolute atomic E-state index is 0.0865. The van der Waals surface area contributed by atoms with Crippen LogP contribution in [0, 0.1) is 0 Å². The number of nitrogens with zero attached hydrogens (tertiary/aromatic N) is 2. The third kappa shape index (κ3) is 2.78. The number of nitrogens with one attached hydrogen (secondary N) is 1. The van der Waals surface area contributed by atoms with E-state index >= 15 is 0 Å². The van der Waals surface area contributed by atoms with Crippen LogP contribution >= 0.6 is 11.3 Å². The number of aromatic nitrogens is 1. The Morgan fingerprint density at radius 3 is 2.75 bits per heavy atom. The Hall–Kier alpha value is -0.450. The lowest BCUT2D eigenvalue weighted by Gasteiger charge is -2.42. The fraction of sp³-hybridized carbons (Fsp3) is 0.812. The van der Waals surface area contributed by atoms with E-state index in [0.29, 0.717) is 6.04 Å². The van der Waals surface area contributed by atoms with Crippen LogP contribution in [0.2, 0.25) is 0 Å². The highest BCUT2D eigenvalue weighted by Gasteiger charge is 2.39. The van der Waals surface area contributed by atoms with E-state index in [1.807, 2.05) is 11.3 Å². The molecular formula is C16H27N3S. The number of fused-ring (bicyclic) bond motifs is 1. The minimum atomic E-state index is 0.0865. The lowest BCUT2D eigenvalue weighted by molar-refractivity contribution is 0.134. The van der Waals surface area contributed by atoms with Gasteiger partial charge in [-0.2, -0.15) is 0 Å². The monoisotopic (exact) mass is 293 g/mol. The second-order valence-corrected chi connectivity index (χ2v) is 7.90. The third-order valence-corrected chi connectivity index (χ3v) is 5.86. The van der Waals surface area contributed by atoms with Crippen molar-refractivity contribution in [2.24, 2.45) is 0 Å². The molecular weight excluding hydrogens is 266 g/mol. The molecule has 20 heavy (non-hydrogen) atoms. The van der Waals surface area contributed by atoms with Crippen LogP contribution in [0.4, 0.5) is 0 Å². The molecule has 2 aliphatic rings. The molecule has 3 rings (SSSR count). The summed E-state index contributed by atoms with van der Waals surface area (Å²) >= 11 is 1.98. The van der Waals surface area contributed by atoms with E-state index in [9.17, 15) is 0 Å². The van der Waals surface area contributed by atoms with Crippen LogP contribution in [0.15, 0.2) is 0 Å². The Bertz CT molecular complexity index is 441. The SMILES string of the molecule is CC(C)NC1(c2nc3c(s2)CCCC3)CCCN(C)C1. The first-order valence-electron chi connectivity index (χ1n) is 8.04. The number of likely N-dealkylation sites (tertiary alicyclic amines) is 1. The number of hydrogen-bond acceptors (Lipinski definition) is 4. The molecule has 1 aliphatic heterocycles. The maximum Gasteiger partial charge on any atom is 0.115 e. The largest absolute Gasteiger partial charge is 0.304 e. The molecule has 0 spiro atoms. The third-order valence-electron chi connectivity index (χ3n) is 4.50. The summed E-state index contributed by atoms with van der Waals surface area (Å²) in [5.41, 5.74) is 1.48. The predicted octanol–water partition coefficient (Wildman–Crippen LogP) is 2.94. The topological polar surface area (TPSA) is 28.2 Å². The molecule has 1 aromatic rings. The maximum absolute atomic E-state index is 5.06. The molecule has 0 radical (unpaired) electrons. The van der Waals surface area contributed by atoms with Gasteiger partial charge in [-0.05, 0) is 66.0 Å². The van der Waals surface area contributed by atoms with Crippen LogP contribution in [0.1, 0.15) is 55.1 Å². The quantitative estimate of drug-likeness (QED) is 0.929. The maximum atomic E-state index is 5.06. The first-order valence-corrected chi connectivity index (χ1v) is 8.86. The number of likely N-dealkylation sites (N-methyl/N-ethyl adjacent to an activating group) is 1. The second kappa shape index (κ2) is 5.74. The fourth-order valence-electron chi connectivity index (χ4n) is 3.73. The van der Waals surface area contributed by atoms with Gasteiger partial charge in [0, 0.05) is 17.5 Å². The zero-order valence-corrected chi connectivity index (χ0v) is 13.9. The molecule has 1 N–H and O–H groups in total. The summed E-state index contributed by atoms with van der Waals surface area (Å²) in [4.78, 5) is 9.08.